The lowest BCUT2D eigenvalue weighted by atomic mass is 10.1. The fourth-order valence-corrected chi connectivity index (χ4v) is 3.25. The second-order valence-corrected chi connectivity index (χ2v) is 5.75. The number of nitrogens with one attached hydrogen (secondary N) is 1. The van der Waals surface area contributed by atoms with Gasteiger partial charge in [-0.25, -0.2) is 4.79 Å². The number of hydrogen-bond acceptors (Lipinski definition) is 3. The minimum absolute atomic E-state index is 0.146. The number of aromatic carboxylic acids is 1. The molecule has 1 aromatic rings. The highest BCUT2D eigenvalue weighted by molar-refractivity contribution is 7.99. The summed E-state index contributed by atoms with van der Waals surface area (Å²) in [6.45, 7) is 0.604. The molecule has 1 atom stereocenters. The van der Waals surface area contributed by atoms with Crippen molar-refractivity contribution in [2.75, 3.05) is 18.1 Å². The summed E-state index contributed by atoms with van der Waals surface area (Å²) in [5.41, 5.74) is 1.32. The maximum atomic E-state index is 11.8. The van der Waals surface area contributed by atoms with Crippen LogP contribution >= 0.6 is 11.8 Å². The van der Waals surface area contributed by atoms with Crippen LogP contribution in [0.15, 0.2) is 24.3 Å². The van der Waals surface area contributed by atoms with Crippen LogP contribution in [-0.2, 0) is 11.2 Å². The molecule has 0 spiro atoms. The van der Waals surface area contributed by atoms with Crippen LogP contribution < -0.4 is 5.32 Å². The van der Waals surface area contributed by atoms with Crippen LogP contribution in [0, 0.1) is 5.92 Å². The van der Waals surface area contributed by atoms with Gasteiger partial charge in [0.05, 0.1) is 5.56 Å². The Morgan fingerprint density at radius 1 is 1.32 bits per heavy atom. The molecule has 1 fully saturated rings. The summed E-state index contributed by atoms with van der Waals surface area (Å²) in [6, 6.07) is 6.77. The van der Waals surface area contributed by atoms with Gasteiger partial charge in [-0.3, -0.25) is 4.79 Å². The molecule has 0 aromatic heterocycles. The molecule has 2 N–H and O–H groups in total. The van der Waals surface area contributed by atoms with Crippen LogP contribution in [0.3, 0.4) is 0 Å². The van der Waals surface area contributed by atoms with Gasteiger partial charge in [0.1, 0.15) is 0 Å². The van der Waals surface area contributed by atoms with E-state index in [2.05, 4.69) is 5.32 Å². The number of carboxylic acids is 1. The van der Waals surface area contributed by atoms with E-state index < -0.39 is 5.97 Å². The lowest BCUT2D eigenvalue weighted by Gasteiger charge is -2.09. The molecule has 0 saturated carbocycles. The van der Waals surface area contributed by atoms with Crippen molar-refractivity contribution in [2.24, 2.45) is 5.92 Å². The Bertz CT molecular complexity index is 452. The topological polar surface area (TPSA) is 66.4 Å². The maximum Gasteiger partial charge on any atom is 0.335 e. The molecule has 1 amide bonds. The third-order valence-corrected chi connectivity index (χ3v) is 4.38. The number of hydrogen-bond donors (Lipinski definition) is 2. The van der Waals surface area contributed by atoms with Crippen molar-refractivity contribution in [3.05, 3.63) is 35.4 Å². The van der Waals surface area contributed by atoms with Gasteiger partial charge in [-0.2, -0.15) is 11.8 Å². The highest BCUT2D eigenvalue weighted by atomic mass is 32.2. The van der Waals surface area contributed by atoms with E-state index in [0.29, 0.717) is 6.54 Å². The van der Waals surface area contributed by atoms with Gasteiger partial charge in [0, 0.05) is 18.2 Å². The predicted octanol–water partition coefficient (Wildman–Crippen LogP) is 1.80. The Labute approximate surface area is 116 Å². The Hall–Kier alpha value is -1.49. The zero-order chi connectivity index (χ0) is 13.7. The second-order valence-electron chi connectivity index (χ2n) is 4.60. The highest BCUT2D eigenvalue weighted by Crippen LogP contribution is 2.23. The number of carboxylic acid groups (broad SMARTS) is 1. The van der Waals surface area contributed by atoms with Gasteiger partial charge in [-0.05, 0) is 36.3 Å². The maximum absolute atomic E-state index is 11.8. The zero-order valence-electron chi connectivity index (χ0n) is 10.6. The number of carbonyl (C=O) groups excluding carboxylic acids is 1. The molecule has 0 aliphatic carbocycles. The van der Waals surface area contributed by atoms with Crippen LogP contribution in [-0.4, -0.2) is 35.0 Å². The van der Waals surface area contributed by atoms with Gasteiger partial charge in [-0.1, -0.05) is 12.1 Å². The third kappa shape index (κ3) is 3.99. The summed E-state index contributed by atoms with van der Waals surface area (Å²) in [4.78, 5) is 22.5. The van der Waals surface area contributed by atoms with Gasteiger partial charge in [0.2, 0.25) is 5.91 Å². The first-order chi connectivity index (χ1) is 9.16. The molecule has 0 radical (unpaired) electrons. The van der Waals surface area contributed by atoms with Crippen molar-refractivity contribution in [3.8, 4) is 0 Å². The summed E-state index contributed by atoms with van der Waals surface area (Å²) >= 11 is 1.83. The van der Waals surface area contributed by atoms with Crippen LogP contribution in [0.4, 0.5) is 0 Å². The number of thioether (sulfide) groups is 1. The number of carbonyl (C=O) groups is 2. The van der Waals surface area contributed by atoms with Crippen molar-refractivity contribution in [1.82, 2.24) is 5.32 Å². The number of amides is 1. The molecule has 102 valence electrons. The summed E-state index contributed by atoms with van der Waals surface area (Å²) in [5.74, 6) is 1.40. The van der Waals surface area contributed by atoms with E-state index in [1.165, 1.54) is 0 Å². The standard InChI is InChI=1S/C14H17NO3S/c16-13(12-6-8-19-9-12)15-7-5-10-1-3-11(4-2-10)14(17)18/h1-4,12H,5-9H2,(H,15,16)(H,17,18). The van der Waals surface area contributed by atoms with Gasteiger partial charge in [0.15, 0.2) is 0 Å². The summed E-state index contributed by atoms with van der Waals surface area (Å²) in [6.07, 6.45) is 1.70. The molecule has 1 aliphatic rings. The number of benzene rings is 1. The van der Waals surface area contributed by atoms with Gasteiger partial charge < -0.3 is 10.4 Å². The number of rotatable bonds is 5. The molecular formula is C14H17NO3S. The van der Waals surface area contributed by atoms with Crippen LogP contribution in [0.25, 0.3) is 0 Å². The first-order valence-corrected chi connectivity index (χ1v) is 7.50. The molecule has 1 heterocycles. The predicted molar refractivity (Wildman–Crippen MR) is 75.5 cm³/mol. The molecular weight excluding hydrogens is 262 g/mol. The lowest BCUT2D eigenvalue weighted by molar-refractivity contribution is -0.124. The largest absolute Gasteiger partial charge is 0.478 e. The average Bonchev–Trinajstić information content (AvgIpc) is 2.93. The molecule has 0 bridgehead atoms. The fraction of sp³-hybridized carbons (Fsp3) is 0.429. The van der Waals surface area contributed by atoms with E-state index in [4.69, 9.17) is 5.11 Å². The molecule has 1 unspecified atom stereocenters. The Kier molecular flexibility index (Phi) is 4.85. The van der Waals surface area contributed by atoms with Gasteiger partial charge in [-0.15, -0.1) is 0 Å². The van der Waals surface area contributed by atoms with Gasteiger partial charge >= 0.3 is 5.97 Å². The molecule has 1 aliphatic heterocycles. The summed E-state index contributed by atoms with van der Waals surface area (Å²) in [7, 11) is 0. The minimum atomic E-state index is -0.918. The van der Waals surface area contributed by atoms with Crippen LogP contribution in [0.5, 0.6) is 0 Å². The minimum Gasteiger partial charge on any atom is -0.478 e. The van der Waals surface area contributed by atoms with E-state index in [1.54, 1.807) is 24.3 Å². The molecule has 4 nitrogen and oxygen atoms in total. The van der Waals surface area contributed by atoms with E-state index >= 15 is 0 Å². The zero-order valence-corrected chi connectivity index (χ0v) is 11.4. The van der Waals surface area contributed by atoms with Crippen molar-refractivity contribution >= 4 is 23.6 Å². The van der Waals surface area contributed by atoms with Crippen LogP contribution in [0.1, 0.15) is 22.3 Å². The van der Waals surface area contributed by atoms with Crippen molar-refractivity contribution in [1.29, 1.82) is 0 Å². The van der Waals surface area contributed by atoms with E-state index in [0.717, 1.165) is 29.9 Å². The Morgan fingerprint density at radius 3 is 2.63 bits per heavy atom. The average molecular weight is 279 g/mol. The van der Waals surface area contributed by atoms with E-state index in [-0.39, 0.29) is 17.4 Å². The van der Waals surface area contributed by atoms with Crippen molar-refractivity contribution in [3.63, 3.8) is 0 Å². The van der Waals surface area contributed by atoms with Crippen molar-refractivity contribution < 1.29 is 14.7 Å². The molecule has 2 rings (SSSR count). The SMILES string of the molecule is O=C(O)c1ccc(CCNC(=O)C2CCSC2)cc1. The third-order valence-electron chi connectivity index (χ3n) is 3.21. The van der Waals surface area contributed by atoms with E-state index in [1.807, 2.05) is 11.8 Å². The van der Waals surface area contributed by atoms with Gasteiger partial charge in [0.25, 0.3) is 0 Å². The van der Waals surface area contributed by atoms with Crippen LogP contribution in [0.2, 0.25) is 0 Å². The Morgan fingerprint density at radius 2 is 2.05 bits per heavy atom. The smallest absolute Gasteiger partial charge is 0.335 e. The normalized spacial score (nSPS) is 18.2. The molecule has 1 aromatic carbocycles. The lowest BCUT2D eigenvalue weighted by Crippen LogP contribution is -2.32. The van der Waals surface area contributed by atoms with E-state index in [9.17, 15) is 9.59 Å². The summed E-state index contributed by atoms with van der Waals surface area (Å²) < 4.78 is 0. The second kappa shape index (κ2) is 6.61. The first-order valence-electron chi connectivity index (χ1n) is 6.34. The van der Waals surface area contributed by atoms with Crippen molar-refractivity contribution in [2.45, 2.75) is 12.8 Å². The first kappa shape index (κ1) is 13.9. The monoisotopic (exact) mass is 279 g/mol. The molecule has 1 saturated heterocycles. The Balaban J connectivity index is 1.75. The molecule has 19 heavy (non-hydrogen) atoms. The highest BCUT2D eigenvalue weighted by Gasteiger charge is 2.22. The summed E-state index contributed by atoms with van der Waals surface area (Å²) in [5, 5.41) is 11.7. The quantitative estimate of drug-likeness (QED) is 0.862. The fourth-order valence-electron chi connectivity index (χ4n) is 2.03. The molecule has 5 heteroatoms.